The summed E-state index contributed by atoms with van der Waals surface area (Å²) >= 11 is 1.67. The van der Waals surface area contributed by atoms with Crippen LogP contribution in [-0.2, 0) is 6.54 Å². The van der Waals surface area contributed by atoms with Gasteiger partial charge in [0.2, 0.25) is 0 Å². The highest BCUT2D eigenvalue weighted by Gasteiger charge is 1.97. The summed E-state index contributed by atoms with van der Waals surface area (Å²) in [5.41, 5.74) is 1.17. The molecule has 0 aliphatic rings. The van der Waals surface area contributed by atoms with Crippen molar-refractivity contribution in [2.75, 3.05) is 5.32 Å². The van der Waals surface area contributed by atoms with Crippen LogP contribution in [0.15, 0.2) is 24.5 Å². The van der Waals surface area contributed by atoms with Crippen LogP contribution < -0.4 is 5.32 Å². The molecule has 0 saturated carbocycles. The minimum absolute atomic E-state index is 0.806. The molecule has 2 heterocycles. The standard InChI is InChI=1S/C9H11N3S/c1-7-5-11-9(13-7)12-6-8-3-2-4-10-8/h2-5,10H,6H2,1H3,(H,11,12). The third kappa shape index (κ3) is 2.09. The molecule has 0 atom stereocenters. The van der Waals surface area contributed by atoms with Gasteiger partial charge in [-0.2, -0.15) is 0 Å². The number of thiazole rings is 1. The summed E-state index contributed by atoms with van der Waals surface area (Å²) in [5.74, 6) is 0. The van der Waals surface area contributed by atoms with Gasteiger partial charge in [0.25, 0.3) is 0 Å². The average Bonchev–Trinajstić information content (AvgIpc) is 2.71. The molecule has 2 N–H and O–H groups in total. The molecule has 0 fully saturated rings. The summed E-state index contributed by atoms with van der Waals surface area (Å²) in [6.45, 7) is 2.86. The van der Waals surface area contributed by atoms with Crippen molar-refractivity contribution in [3.8, 4) is 0 Å². The minimum Gasteiger partial charge on any atom is -0.364 e. The fourth-order valence-electron chi connectivity index (χ4n) is 1.08. The molecule has 2 aromatic heterocycles. The Balaban J connectivity index is 1.93. The SMILES string of the molecule is Cc1cnc(NCc2ccc[nH]2)s1. The lowest BCUT2D eigenvalue weighted by atomic mass is 10.4. The van der Waals surface area contributed by atoms with Gasteiger partial charge >= 0.3 is 0 Å². The molecule has 2 aromatic rings. The molecular weight excluding hydrogens is 182 g/mol. The van der Waals surface area contributed by atoms with Crippen molar-refractivity contribution >= 4 is 16.5 Å². The number of hydrogen-bond donors (Lipinski definition) is 2. The second-order valence-corrected chi connectivity index (χ2v) is 4.06. The Morgan fingerprint density at radius 3 is 3.15 bits per heavy atom. The minimum atomic E-state index is 0.806. The summed E-state index contributed by atoms with van der Waals surface area (Å²) in [6.07, 6.45) is 3.80. The van der Waals surface area contributed by atoms with Gasteiger partial charge in [-0.3, -0.25) is 0 Å². The molecule has 0 aromatic carbocycles. The number of aromatic nitrogens is 2. The van der Waals surface area contributed by atoms with Crippen LogP contribution in [0.25, 0.3) is 0 Å². The van der Waals surface area contributed by atoms with Crippen LogP contribution in [0.4, 0.5) is 5.13 Å². The van der Waals surface area contributed by atoms with E-state index in [4.69, 9.17) is 0 Å². The van der Waals surface area contributed by atoms with Crippen LogP contribution in [0.2, 0.25) is 0 Å². The van der Waals surface area contributed by atoms with Crippen LogP contribution in [-0.4, -0.2) is 9.97 Å². The van der Waals surface area contributed by atoms with E-state index in [1.54, 1.807) is 11.3 Å². The van der Waals surface area contributed by atoms with Crippen LogP contribution in [0.5, 0.6) is 0 Å². The van der Waals surface area contributed by atoms with Crippen LogP contribution >= 0.6 is 11.3 Å². The van der Waals surface area contributed by atoms with Crippen molar-refractivity contribution in [1.29, 1.82) is 0 Å². The van der Waals surface area contributed by atoms with Gasteiger partial charge in [0.15, 0.2) is 5.13 Å². The number of aryl methyl sites for hydroxylation is 1. The second kappa shape index (κ2) is 3.62. The molecular formula is C9H11N3S. The summed E-state index contributed by atoms with van der Waals surface area (Å²) < 4.78 is 0. The zero-order valence-corrected chi connectivity index (χ0v) is 8.19. The monoisotopic (exact) mass is 193 g/mol. The maximum Gasteiger partial charge on any atom is 0.183 e. The third-order valence-corrected chi connectivity index (χ3v) is 2.58. The van der Waals surface area contributed by atoms with Gasteiger partial charge in [0.1, 0.15) is 0 Å². The van der Waals surface area contributed by atoms with E-state index >= 15 is 0 Å². The third-order valence-electron chi connectivity index (χ3n) is 1.71. The van der Waals surface area contributed by atoms with Crippen LogP contribution in [0, 0.1) is 6.92 Å². The van der Waals surface area contributed by atoms with E-state index in [9.17, 15) is 0 Å². The lowest BCUT2D eigenvalue weighted by Crippen LogP contribution is -1.98. The van der Waals surface area contributed by atoms with Crippen molar-refractivity contribution in [2.45, 2.75) is 13.5 Å². The van der Waals surface area contributed by atoms with Gasteiger partial charge in [-0.25, -0.2) is 4.98 Å². The topological polar surface area (TPSA) is 40.7 Å². The highest BCUT2D eigenvalue weighted by molar-refractivity contribution is 7.15. The lowest BCUT2D eigenvalue weighted by molar-refractivity contribution is 1.07. The second-order valence-electron chi connectivity index (χ2n) is 2.82. The first-order chi connectivity index (χ1) is 6.34. The van der Waals surface area contributed by atoms with E-state index in [0.717, 1.165) is 11.7 Å². The Bertz CT molecular complexity index is 364. The Labute approximate surface area is 80.8 Å². The van der Waals surface area contributed by atoms with Crippen LogP contribution in [0.1, 0.15) is 10.6 Å². The molecule has 0 aliphatic carbocycles. The molecule has 0 spiro atoms. The predicted octanol–water partition coefficient (Wildman–Crippen LogP) is 2.39. The summed E-state index contributed by atoms with van der Waals surface area (Å²) in [5, 5.41) is 4.22. The first kappa shape index (κ1) is 8.31. The van der Waals surface area contributed by atoms with Crippen molar-refractivity contribution in [3.05, 3.63) is 35.1 Å². The molecule has 2 rings (SSSR count). The molecule has 0 bridgehead atoms. The highest BCUT2D eigenvalue weighted by atomic mass is 32.1. The van der Waals surface area contributed by atoms with E-state index < -0.39 is 0 Å². The quantitative estimate of drug-likeness (QED) is 0.785. The van der Waals surface area contributed by atoms with E-state index in [1.165, 1.54) is 10.6 Å². The summed E-state index contributed by atoms with van der Waals surface area (Å²) in [4.78, 5) is 8.57. The molecule has 0 radical (unpaired) electrons. The summed E-state index contributed by atoms with van der Waals surface area (Å²) in [6, 6.07) is 4.04. The molecule has 3 nitrogen and oxygen atoms in total. The highest BCUT2D eigenvalue weighted by Crippen LogP contribution is 2.16. The van der Waals surface area contributed by atoms with Gasteiger partial charge in [0, 0.05) is 23.0 Å². The molecule has 0 unspecified atom stereocenters. The number of rotatable bonds is 3. The fraction of sp³-hybridized carbons (Fsp3) is 0.222. The van der Waals surface area contributed by atoms with E-state index in [1.807, 2.05) is 24.5 Å². The molecule has 0 aliphatic heterocycles. The molecule has 68 valence electrons. The Morgan fingerprint density at radius 2 is 2.54 bits per heavy atom. The first-order valence-electron chi connectivity index (χ1n) is 4.13. The Morgan fingerprint density at radius 1 is 1.62 bits per heavy atom. The van der Waals surface area contributed by atoms with Crippen molar-refractivity contribution < 1.29 is 0 Å². The number of anilines is 1. The normalized spacial score (nSPS) is 10.2. The zero-order valence-electron chi connectivity index (χ0n) is 7.37. The van der Waals surface area contributed by atoms with Crippen molar-refractivity contribution in [2.24, 2.45) is 0 Å². The van der Waals surface area contributed by atoms with E-state index in [0.29, 0.717) is 0 Å². The maximum atomic E-state index is 4.21. The maximum absolute atomic E-state index is 4.21. The number of nitrogens with one attached hydrogen (secondary N) is 2. The fourth-order valence-corrected chi connectivity index (χ4v) is 1.74. The van der Waals surface area contributed by atoms with Gasteiger partial charge in [-0.15, -0.1) is 11.3 Å². The first-order valence-corrected chi connectivity index (χ1v) is 4.95. The van der Waals surface area contributed by atoms with Gasteiger partial charge in [-0.1, -0.05) is 0 Å². The largest absolute Gasteiger partial charge is 0.364 e. The Kier molecular flexibility index (Phi) is 2.31. The number of nitrogens with zero attached hydrogens (tertiary/aromatic N) is 1. The number of hydrogen-bond acceptors (Lipinski definition) is 3. The Hall–Kier alpha value is -1.29. The number of aromatic amines is 1. The lowest BCUT2D eigenvalue weighted by Gasteiger charge is -1.98. The zero-order chi connectivity index (χ0) is 9.10. The van der Waals surface area contributed by atoms with Crippen molar-refractivity contribution in [1.82, 2.24) is 9.97 Å². The molecule has 4 heteroatoms. The van der Waals surface area contributed by atoms with Gasteiger partial charge in [-0.05, 0) is 19.1 Å². The average molecular weight is 193 g/mol. The molecule has 13 heavy (non-hydrogen) atoms. The molecule has 0 amide bonds. The summed E-state index contributed by atoms with van der Waals surface area (Å²) in [7, 11) is 0. The smallest absolute Gasteiger partial charge is 0.183 e. The van der Waals surface area contributed by atoms with Crippen LogP contribution in [0.3, 0.4) is 0 Å². The van der Waals surface area contributed by atoms with Crippen molar-refractivity contribution in [3.63, 3.8) is 0 Å². The van der Waals surface area contributed by atoms with Gasteiger partial charge < -0.3 is 10.3 Å². The molecule has 0 saturated heterocycles. The van der Waals surface area contributed by atoms with E-state index in [2.05, 4.69) is 22.2 Å². The predicted molar refractivity (Wildman–Crippen MR) is 55.0 cm³/mol. The van der Waals surface area contributed by atoms with Gasteiger partial charge in [0.05, 0.1) is 6.54 Å². The van der Waals surface area contributed by atoms with E-state index in [-0.39, 0.29) is 0 Å². The number of H-pyrrole nitrogens is 1.